The van der Waals surface area contributed by atoms with Gasteiger partial charge in [0.1, 0.15) is 5.54 Å². The molecular formula is C15H20N4O2. The van der Waals surface area contributed by atoms with Crippen molar-refractivity contribution in [3.05, 3.63) is 23.8 Å². The summed E-state index contributed by atoms with van der Waals surface area (Å²) in [4.78, 5) is 35.0. The molecule has 2 fully saturated rings. The molecule has 1 atom stereocenters. The Morgan fingerprint density at radius 3 is 2.71 bits per heavy atom. The lowest BCUT2D eigenvalue weighted by Gasteiger charge is -2.32. The molecule has 0 bridgehead atoms. The van der Waals surface area contributed by atoms with Crippen LogP contribution in [0.1, 0.15) is 37.6 Å². The number of nitrogens with zero attached hydrogens (tertiary/aromatic N) is 3. The smallest absolute Gasteiger partial charge is 0.248 e. The third kappa shape index (κ3) is 2.75. The lowest BCUT2D eigenvalue weighted by atomic mass is 9.94. The summed E-state index contributed by atoms with van der Waals surface area (Å²) < 4.78 is 0. The summed E-state index contributed by atoms with van der Waals surface area (Å²) in [6, 6.07) is 0. The molecule has 2 aliphatic rings. The molecule has 1 unspecified atom stereocenters. The van der Waals surface area contributed by atoms with Crippen molar-refractivity contribution >= 4 is 11.8 Å². The molecule has 1 N–H and O–H groups in total. The predicted molar refractivity (Wildman–Crippen MR) is 76.1 cm³/mol. The third-order valence-corrected chi connectivity index (χ3v) is 4.32. The molecule has 112 valence electrons. The van der Waals surface area contributed by atoms with Gasteiger partial charge in [0.2, 0.25) is 11.8 Å². The average molecular weight is 288 g/mol. The molecule has 1 aromatic heterocycles. The zero-order valence-corrected chi connectivity index (χ0v) is 12.4. The lowest BCUT2D eigenvalue weighted by molar-refractivity contribution is -0.139. The lowest BCUT2D eigenvalue weighted by Crippen LogP contribution is -2.56. The molecular weight excluding hydrogens is 268 g/mol. The predicted octanol–water partition coefficient (Wildman–Crippen LogP) is 0.802. The van der Waals surface area contributed by atoms with Crippen LogP contribution in [-0.4, -0.2) is 38.8 Å². The molecule has 2 heterocycles. The number of carbonyl (C=O) groups is 2. The summed E-state index contributed by atoms with van der Waals surface area (Å²) in [5, 5.41) is 2.93. The summed E-state index contributed by atoms with van der Waals surface area (Å²) in [5.41, 5.74) is 0.841. The molecule has 6 heteroatoms. The molecule has 6 nitrogen and oxygen atoms in total. The normalized spacial score (nSPS) is 26.5. The van der Waals surface area contributed by atoms with Crippen LogP contribution in [0.2, 0.25) is 0 Å². The third-order valence-electron chi connectivity index (χ3n) is 4.32. The van der Waals surface area contributed by atoms with E-state index in [1.807, 2.05) is 13.8 Å². The van der Waals surface area contributed by atoms with E-state index in [4.69, 9.17) is 0 Å². The monoisotopic (exact) mass is 288 g/mol. The Morgan fingerprint density at radius 1 is 1.33 bits per heavy atom. The number of nitrogens with one attached hydrogen (secondary N) is 1. The van der Waals surface area contributed by atoms with Crippen molar-refractivity contribution in [2.45, 2.75) is 45.2 Å². The van der Waals surface area contributed by atoms with Gasteiger partial charge < -0.3 is 10.2 Å². The zero-order chi connectivity index (χ0) is 15.0. The second kappa shape index (κ2) is 5.09. The van der Waals surface area contributed by atoms with E-state index in [1.54, 1.807) is 17.3 Å². The highest BCUT2D eigenvalue weighted by atomic mass is 16.2. The fraction of sp³-hybridized carbons (Fsp3) is 0.600. The van der Waals surface area contributed by atoms with E-state index >= 15 is 0 Å². The van der Waals surface area contributed by atoms with Crippen LogP contribution in [0.15, 0.2) is 12.4 Å². The molecule has 1 saturated heterocycles. The van der Waals surface area contributed by atoms with Crippen LogP contribution in [0.5, 0.6) is 0 Å². The van der Waals surface area contributed by atoms with Gasteiger partial charge >= 0.3 is 0 Å². The molecule has 0 spiro atoms. The number of carbonyl (C=O) groups excluding carboxylic acids is 2. The number of aromatic nitrogens is 2. The Labute approximate surface area is 124 Å². The van der Waals surface area contributed by atoms with E-state index < -0.39 is 5.54 Å². The molecule has 21 heavy (non-hydrogen) atoms. The summed E-state index contributed by atoms with van der Waals surface area (Å²) in [6.45, 7) is 4.57. The Morgan fingerprint density at radius 2 is 2.10 bits per heavy atom. The fourth-order valence-electron chi connectivity index (χ4n) is 2.86. The van der Waals surface area contributed by atoms with Gasteiger partial charge in [-0.1, -0.05) is 0 Å². The standard InChI is InChI=1S/C15H20N4O2/c1-10-7-17-12(8-16-10)9-19-6-5-13(20)18-15(2,14(19)21)11-3-4-11/h7-8,11H,3-6,9H2,1-2H3,(H,18,20). The minimum absolute atomic E-state index is 0.00164. The molecule has 3 rings (SSSR count). The van der Waals surface area contributed by atoms with Crippen molar-refractivity contribution in [1.29, 1.82) is 0 Å². The van der Waals surface area contributed by atoms with Gasteiger partial charge in [0, 0.05) is 19.2 Å². The van der Waals surface area contributed by atoms with Gasteiger partial charge in [0.05, 0.1) is 24.1 Å². The van der Waals surface area contributed by atoms with E-state index in [9.17, 15) is 9.59 Å². The van der Waals surface area contributed by atoms with Gasteiger partial charge in [0.15, 0.2) is 0 Å². The maximum absolute atomic E-state index is 12.8. The van der Waals surface area contributed by atoms with E-state index in [-0.39, 0.29) is 17.7 Å². The van der Waals surface area contributed by atoms with Gasteiger partial charge in [-0.3, -0.25) is 19.6 Å². The minimum Gasteiger partial charge on any atom is -0.342 e. The zero-order valence-electron chi connectivity index (χ0n) is 12.4. The largest absolute Gasteiger partial charge is 0.342 e. The van der Waals surface area contributed by atoms with Crippen LogP contribution in [0.3, 0.4) is 0 Å². The second-order valence-corrected chi connectivity index (χ2v) is 6.15. The molecule has 1 aliphatic heterocycles. The highest BCUT2D eigenvalue weighted by molar-refractivity contribution is 5.93. The topological polar surface area (TPSA) is 75.2 Å². The maximum Gasteiger partial charge on any atom is 0.248 e. The van der Waals surface area contributed by atoms with Crippen molar-refractivity contribution < 1.29 is 9.59 Å². The maximum atomic E-state index is 12.8. The van der Waals surface area contributed by atoms with Crippen molar-refractivity contribution in [1.82, 2.24) is 20.2 Å². The van der Waals surface area contributed by atoms with Crippen LogP contribution in [-0.2, 0) is 16.1 Å². The van der Waals surface area contributed by atoms with Crippen molar-refractivity contribution in [2.24, 2.45) is 5.92 Å². The molecule has 1 aliphatic carbocycles. The number of aryl methyl sites for hydroxylation is 1. The molecule has 1 aromatic rings. The fourth-order valence-corrected chi connectivity index (χ4v) is 2.86. The Hall–Kier alpha value is -1.98. The number of rotatable bonds is 3. The van der Waals surface area contributed by atoms with E-state index in [2.05, 4.69) is 15.3 Å². The first-order chi connectivity index (χ1) is 9.99. The number of amides is 2. The number of hydrogen-bond donors (Lipinski definition) is 1. The summed E-state index contributed by atoms with van der Waals surface area (Å²) >= 11 is 0. The van der Waals surface area contributed by atoms with Gasteiger partial charge in [-0.15, -0.1) is 0 Å². The van der Waals surface area contributed by atoms with Crippen LogP contribution < -0.4 is 5.32 Å². The molecule has 0 radical (unpaired) electrons. The van der Waals surface area contributed by atoms with E-state index in [1.165, 1.54) is 0 Å². The van der Waals surface area contributed by atoms with Crippen molar-refractivity contribution in [3.8, 4) is 0 Å². The molecule has 2 amide bonds. The number of hydrogen-bond acceptors (Lipinski definition) is 4. The minimum atomic E-state index is -0.758. The van der Waals surface area contributed by atoms with Crippen molar-refractivity contribution in [3.63, 3.8) is 0 Å². The second-order valence-electron chi connectivity index (χ2n) is 6.15. The summed E-state index contributed by atoms with van der Waals surface area (Å²) in [6.07, 6.45) is 5.73. The Kier molecular flexibility index (Phi) is 3.39. The highest BCUT2D eigenvalue weighted by Crippen LogP contribution is 2.41. The van der Waals surface area contributed by atoms with Crippen LogP contribution >= 0.6 is 0 Å². The van der Waals surface area contributed by atoms with E-state index in [0.29, 0.717) is 19.5 Å². The van der Waals surface area contributed by atoms with Crippen LogP contribution in [0.4, 0.5) is 0 Å². The first-order valence-corrected chi connectivity index (χ1v) is 7.37. The quantitative estimate of drug-likeness (QED) is 0.893. The first kappa shape index (κ1) is 14.0. The van der Waals surface area contributed by atoms with Gasteiger partial charge in [-0.25, -0.2) is 0 Å². The summed E-state index contributed by atoms with van der Waals surface area (Å²) in [7, 11) is 0. The van der Waals surface area contributed by atoms with Gasteiger partial charge in [0.25, 0.3) is 0 Å². The Balaban J connectivity index is 1.81. The Bertz CT molecular complexity index is 568. The molecule has 1 saturated carbocycles. The van der Waals surface area contributed by atoms with Crippen molar-refractivity contribution in [2.75, 3.05) is 6.54 Å². The summed E-state index contributed by atoms with van der Waals surface area (Å²) in [5.74, 6) is 0.215. The average Bonchev–Trinajstić information content (AvgIpc) is 3.29. The molecule has 0 aromatic carbocycles. The van der Waals surface area contributed by atoms with Gasteiger partial charge in [-0.2, -0.15) is 0 Å². The van der Waals surface area contributed by atoms with Crippen LogP contribution in [0.25, 0.3) is 0 Å². The first-order valence-electron chi connectivity index (χ1n) is 7.37. The van der Waals surface area contributed by atoms with Gasteiger partial charge in [-0.05, 0) is 32.6 Å². The van der Waals surface area contributed by atoms with Crippen LogP contribution in [0, 0.1) is 12.8 Å². The SMILES string of the molecule is Cc1cnc(CN2CCC(=O)NC(C)(C3CC3)C2=O)cn1. The van der Waals surface area contributed by atoms with E-state index in [0.717, 1.165) is 24.2 Å². The highest BCUT2D eigenvalue weighted by Gasteiger charge is 2.51.